The van der Waals surface area contributed by atoms with Crippen LogP contribution < -0.4 is 4.74 Å². The predicted molar refractivity (Wildman–Crippen MR) is 61.8 cm³/mol. The summed E-state index contributed by atoms with van der Waals surface area (Å²) in [5.41, 5.74) is 2.03. The Labute approximate surface area is 96.5 Å². The minimum Gasteiger partial charge on any atom is -0.491 e. The topological polar surface area (TPSA) is 22.1 Å². The highest BCUT2D eigenvalue weighted by atomic mass is 35.5. The average Bonchev–Trinajstić information content (AvgIpc) is 2.62. The molecule has 0 N–H and O–H groups in total. The number of hydrogen-bond acceptors (Lipinski definition) is 3. The van der Waals surface area contributed by atoms with Crippen molar-refractivity contribution >= 4 is 22.9 Å². The second-order valence-corrected chi connectivity index (χ2v) is 4.72. The molecule has 0 aliphatic carbocycles. The molecule has 0 radical (unpaired) electrons. The lowest BCUT2D eigenvalue weighted by atomic mass is 10.1. The van der Waals surface area contributed by atoms with Crippen LogP contribution in [-0.4, -0.2) is 11.6 Å². The van der Waals surface area contributed by atoms with Crippen molar-refractivity contribution < 1.29 is 4.74 Å². The summed E-state index contributed by atoms with van der Waals surface area (Å²) in [6, 6.07) is 5.73. The minimum absolute atomic E-state index is 0.511. The zero-order valence-corrected chi connectivity index (χ0v) is 9.44. The highest BCUT2D eigenvalue weighted by Gasteiger charge is 2.17. The van der Waals surface area contributed by atoms with Gasteiger partial charge in [0.15, 0.2) is 0 Å². The van der Waals surface area contributed by atoms with E-state index in [1.165, 1.54) is 4.88 Å². The van der Waals surface area contributed by atoms with Gasteiger partial charge in [0.1, 0.15) is 16.6 Å². The van der Waals surface area contributed by atoms with Crippen LogP contribution in [0.4, 0.5) is 0 Å². The van der Waals surface area contributed by atoms with Crippen LogP contribution in [0.25, 0.3) is 11.3 Å². The van der Waals surface area contributed by atoms with Gasteiger partial charge in [0.2, 0.25) is 0 Å². The number of pyridine rings is 1. The van der Waals surface area contributed by atoms with E-state index in [9.17, 15) is 0 Å². The number of rotatable bonds is 0. The second-order valence-electron chi connectivity index (χ2n) is 3.34. The van der Waals surface area contributed by atoms with E-state index < -0.39 is 0 Å². The van der Waals surface area contributed by atoms with Gasteiger partial charge in [-0.1, -0.05) is 11.6 Å². The molecule has 76 valence electrons. The Hall–Kier alpha value is -1.06. The molecule has 0 aromatic carbocycles. The molecule has 2 aromatic heterocycles. The van der Waals surface area contributed by atoms with Crippen LogP contribution in [0.3, 0.4) is 0 Å². The van der Waals surface area contributed by atoms with Crippen LogP contribution in [0.1, 0.15) is 4.88 Å². The first-order valence-corrected chi connectivity index (χ1v) is 5.96. The van der Waals surface area contributed by atoms with Crippen LogP contribution in [0.2, 0.25) is 5.15 Å². The van der Waals surface area contributed by atoms with Gasteiger partial charge < -0.3 is 4.74 Å². The van der Waals surface area contributed by atoms with E-state index >= 15 is 0 Å². The molecular weight excluding hydrogens is 230 g/mol. The lowest BCUT2D eigenvalue weighted by Crippen LogP contribution is -1.97. The maximum absolute atomic E-state index is 5.90. The normalized spacial score (nSPS) is 13.7. The Morgan fingerprint density at radius 3 is 3.20 bits per heavy atom. The van der Waals surface area contributed by atoms with Crippen molar-refractivity contribution in [2.75, 3.05) is 6.61 Å². The summed E-state index contributed by atoms with van der Waals surface area (Å²) < 4.78 is 5.63. The molecule has 3 heterocycles. The summed E-state index contributed by atoms with van der Waals surface area (Å²) in [7, 11) is 0. The first kappa shape index (κ1) is 9.19. The number of halogens is 1. The summed E-state index contributed by atoms with van der Waals surface area (Å²) >= 11 is 7.65. The molecule has 15 heavy (non-hydrogen) atoms. The number of thiophene rings is 1. The molecule has 2 nitrogen and oxygen atoms in total. The van der Waals surface area contributed by atoms with Gasteiger partial charge in [0, 0.05) is 16.9 Å². The van der Waals surface area contributed by atoms with E-state index in [4.69, 9.17) is 16.3 Å². The largest absolute Gasteiger partial charge is 0.491 e. The molecule has 0 unspecified atom stereocenters. The lowest BCUT2D eigenvalue weighted by molar-refractivity contribution is 0.326. The molecule has 0 bridgehead atoms. The zero-order valence-electron chi connectivity index (χ0n) is 7.87. The van der Waals surface area contributed by atoms with Gasteiger partial charge in [-0.2, -0.15) is 0 Å². The van der Waals surface area contributed by atoms with E-state index in [-0.39, 0.29) is 0 Å². The molecule has 0 amide bonds. The quantitative estimate of drug-likeness (QED) is 0.656. The monoisotopic (exact) mass is 237 g/mol. The first-order chi connectivity index (χ1) is 7.34. The van der Waals surface area contributed by atoms with Crippen molar-refractivity contribution in [3.8, 4) is 17.0 Å². The van der Waals surface area contributed by atoms with Crippen LogP contribution >= 0.6 is 22.9 Å². The summed E-state index contributed by atoms with van der Waals surface area (Å²) in [5.74, 6) is 0.830. The Morgan fingerprint density at radius 1 is 1.33 bits per heavy atom. The van der Waals surface area contributed by atoms with Gasteiger partial charge in [-0.05, 0) is 23.6 Å². The van der Waals surface area contributed by atoms with Gasteiger partial charge >= 0.3 is 0 Å². The molecule has 1 aliphatic heterocycles. The van der Waals surface area contributed by atoms with Gasteiger partial charge in [-0.3, -0.25) is 0 Å². The molecule has 4 heteroatoms. The Morgan fingerprint density at radius 2 is 2.27 bits per heavy atom. The van der Waals surface area contributed by atoms with Crippen LogP contribution in [0, 0.1) is 0 Å². The molecule has 0 saturated carbocycles. The van der Waals surface area contributed by atoms with Crippen LogP contribution in [0.5, 0.6) is 5.75 Å². The molecular formula is C11H8ClNOS. The molecule has 1 aliphatic rings. The van der Waals surface area contributed by atoms with E-state index in [0.29, 0.717) is 11.8 Å². The molecule has 2 aromatic rings. The van der Waals surface area contributed by atoms with Gasteiger partial charge in [0.25, 0.3) is 0 Å². The Bertz CT molecular complexity index is 509. The highest BCUT2D eigenvalue weighted by Crippen LogP contribution is 2.36. The Balaban J connectivity index is 2.27. The van der Waals surface area contributed by atoms with Gasteiger partial charge in [-0.15, -0.1) is 11.3 Å². The molecule has 0 spiro atoms. The smallest absolute Gasteiger partial charge is 0.145 e. The fraction of sp³-hybridized carbons (Fsp3) is 0.182. The van der Waals surface area contributed by atoms with Gasteiger partial charge in [0.05, 0.1) is 6.61 Å². The number of aromatic nitrogens is 1. The van der Waals surface area contributed by atoms with Crippen molar-refractivity contribution in [3.05, 3.63) is 33.6 Å². The Kier molecular flexibility index (Phi) is 2.15. The third kappa shape index (κ3) is 1.52. The predicted octanol–water partition coefficient (Wildman–Crippen LogP) is 3.40. The zero-order chi connectivity index (χ0) is 10.3. The van der Waals surface area contributed by atoms with Gasteiger partial charge in [-0.25, -0.2) is 4.98 Å². The van der Waals surface area contributed by atoms with Crippen molar-refractivity contribution in [1.82, 2.24) is 4.98 Å². The first-order valence-electron chi connectivity index (χ1n) is 4.71. The molecule has 0 saturated heterocycles. The molecule has 3 rings (SSSR count). The fourth-order valence-corrected chi connectivity index (χ4v) is 2.74. The van der Waals surface area contributed by atoms with Crippen molar-refractivity contribution in [2.24, 2.45) is 0 Å². The third-order valence-corrected chi connectivity index (χ3v) is 3.60. The standard InChI is InChI=1S/C11H8ClNOS/c12-10-2-1-8-11(13-10)7-4-6-15-9(7)3-5-14-8/h1-2,4,6H,3,5H2. The summed E-state index contributed by atoms with van der Waals surface area (Å²) in [6.45, 7) is 0.712. The van der Waals surface area contributed by atoms with Crippen molar-refractivity contribution in [1.29, 1.82) is 0 Å². The van der Waals surface area contributed by atoms with Crippen LogP contribution in [0.15, 0.2) is 23.6 Å². The number of fused-ring (bicyclic) bond motifs is 3. The molecule has 0 atom stereocenters. The summed E-state index contributed by atoms with van der Waals surface area (Å²) in [6.07, 6.45) is 0.945. The maximum atomic E-state index is 5.90. The summed E-state index contributed by atoms with van der Waals surface area (Å²) in [5, 5.41) is 2.60. The van der Waals surface area contributed by atoms with E-state index in [2.05, 4.69) is 16.4 Å². The average molecular weight is 238 g/mol. The maximum Gasteiger partial charge on any atom is 0.145 e. The van der Waals surface area contributed by atoms with E-state index in [1.54, 1.807) is 17.4 Å². The number of nitrogens with zero attached hydrogens (tertiary/aromatic N) is 1. The SMILES string of the molecule is Clc1ccc2c(n1)-c1ccsc1CCO2. The minimum atomic E-state index is 0.511. The number of hydrogen-bond donors (Lipinski definition) is 0. The third-order valence-electron chi connectivity index (χ3n) is 2.41. The van der Waals surface area contributed by atoms with E-state index in [1.807, 2.05) is 6.07 Å². The van der Waals surface area contributed by atoms with E-state index in [0.717, 1.165) is 23.4 Å². The lowest BCUT2D eigenvalue weighted by Gasteiger charge is -2.05. The fourth-order valence-electron chi connectivity index (χ4n) is 1.73. The molecule has 0 fully saturated rings. The van der Waals surface area contributed by atoms with Crippen LogP contribution in [-0.2, 0) is 6.42 Å². The second kappa shape index (κ2) is 3.51. The highest BCUT2D eigenvalue weighted by molar-refractivity contribution is 7.10. The van der Waals surface area contributed by atoms with Crippen molar-refractivity contribution in [3.63, 3.8) is 0 Å². The number of ether oxygens (including phenoxy) is 1. The summed E-state index contributed by atoms with van der Waals surface area (Å²) in [4.78, 5) is 5.66. The van der Waals surface area contributed by atoms with Crippen molar-refractivity contribution in [2.45, 2.75) is 6.42 Å².